The molecule has 1 atom stereocenters. The summed E-state index contributed by atoms with van der Waals surface area (Å²) in [4.78, 5) is 8.76. The van der Waals surface area contributed by atoms with Crippen molar-refractivity contribution < 1.29 is 0 Å². The minimum atomic E-state index is 0. The quantitative estimate of drug-likeness (QED) is 0.591. The maximum atomic E-state index is 4.82. The van der Waals surface area contributed by atoms with Crippen molar-refractivity contribution >= 4 is 59.0 Å². The molecule has 1 aromatic carbocycles. The Morgan fingerprint density at radius 2 is 1.97 bits per heavy atom. The van der Waals surface area contributed by atoms with Gasteiger partial charge in [-0.2, -0.15) is 0 Å². The first-order valence-electron chi connectivity index (χ1n) is 10.2. The number of aromatic nitrogens is 1. The Bertz CT molecular complexity index is 1130. The van der Waals surface area contributed by atoms with Gasteiger partial charge >= 0.3 is 0 Å². The maximum absolute atomic E-state index is 4.82. The summed E-state index contributed by atoms with van der Waals surface area (Å²) in [5.74, 6) is 0. The lowest BCUT2D eigenvalue weighted by Gasteiger charge is -2.36. The van der Waals surface area contributed by atoms with E-state index in [2.05, 4.69) is 65.0 Å². The molecule has 2 aromatic heterocycles. The number of pyridine rings is 1. The normalized spacial score (nSPS) is 17.4. The number of hydrogen-bond donors (Lipinski definition) is 1. The van der Waals surface area contributed by atoms with E-state index in [1.165, 1.54) is 31.1 Å². The Hall–Kier alpha value is -1.50. The van der Waals surface area contributed by atoms with Crippen molar-refractivity contribution in [3.63, 3.8) is 0 Å². The Labute approximate surface area is 204 Å². The number of halogens is 2. The minimum Gasteiger partial charge on any atom is -0.366 e. The predicted molar refractivity (Wildman–Crippen MR) is 138 cm³/mol. The SMILES string of the molecule is Cc1cc2c(s1)SC=c1cccnc1=C2N1CCNC(CCc2ccccc2)C1.Cl.Cl. The molecule has 1 N–H and O–H groups in total. The van der Waals surface area contributed by atoms with Crippen LogP contribution in [-0.2, 0) is 6.42 Å². The molecule has 0 aliphatic carbocycles. The van der Waals surface area contributed by atoms with Gasteiger partial charge in [0.05, 0.1) is 15.3 Å². The molecule has 0 radical (unpaired) electrons. The molecule has 0 amide bonds. The number of piperazine rings is 1. The summed E-state index contributed by atoms with van der Waals surface area (Å²) in [6, 6.07) is 17.9. The highest BCUT2D eigenvalue weighted by atomic mass is 35.5. The summed E-state index contributed by atoms with van der Waals surface area (Å²) in [5, 5.41) is 8.36. The average Bonchev–Trinajstić information content (AvgIpc) is 3.05. The monoisotopic (exact) mass is 491 g/mol. The fourth-order valence-corrected chi connectivity index (χ4v) is 6.40. The van der Waals surface area contributed by atoms with E-state index >= 15 is 0 Å². The Morgan fingerprint density at radius 3 is 2.81 bits per heavy atom. The lowest BCUT2D eigenvalue weighted by atomic mass is 10.0. The fourth-order valence-electron chi connectivity index (χ4n) is 4.23. The molecule has 7 heteroatoms. The van der Waals surface area contributed by atoms with Crippen LogP contribution in [0, 0.1) is 6.92 Å². The molecule has 1 unspecified atom stereocenters. The van der Waals surface area contributed by atoms with Gasteiger partial charge in [-0.15, -0.1) is 36.2 Å². The van der Waals surface area contributed by atoms with Gasteiger partial charge in [-0.3, -0.25) is 4.98 Å². The first kappa shape index (κ1) is 24.1. The molecule has 3 aromatic rings. The third-order valence-corrected chi connectivity index (χ3v) is 7.82. The van der Waals surface area contributed by atoms with Gasteiger partial charge in [0.25, 0.3) is 0 Å². The molecule has 0 saturated carbocycles. The summed E-state index contributed by atoms with van der Waals surface area (Å²) in [6.07, 6.45) is 4.19. The van der Waals surface area contributed by atoms with Gasteiger partial charge in [0.1, 0.15) is 0 Å². The second-order valence-corrected chi connectivity index (χ2v) is 10.1. The number of benzene rings is 1. The van der Waals surface area contributed by atoms with Gasteiger partial charge in [-0.1, -0.05) is 48.2 Å². The molecule has 2 aliphatic rings. The molecule has 1 fully saturated rings. The summed E-state index contributed by atoms with van der Waals surface area (Å²) in [6.45, 7) is 5.26. The third kappa shape index (κ3) is 5.29. The van der Waals surface area contributed by atoms with Gasteiger partial charge in [-0.05, 0) is 42.9 Å². The number of nitrogens with zero attached hydrogens (tertiary/aromatic N) is 2. The molecule has 0 bridgehead atoms. The van der Waals surface area contributed by atoms with Crippen LogP contribution in [0.2, 0.25) is 0 Å². The number of aryl methyl sites for hydroxylation is 2. The van der Waals surface area contributed by atoms with Crippen LogP contribution >= 0.6 is 47.9 Å². The zero-order chi connectivity index (χ0) is 19.6. The molecule has 3 nitrogen and oxygen atoms in total. The van der Waals surface area contributed by atoms with Crippen molar-refractivity contribution in [2.75, 3.05) is 19.6 Å². The molecule has 5 rings (SSSR count). The van der Waals surface area contributed by atoms with Gasteiger partial charge in [0.2, 0.25) is 0 Å². The van der Waals surface area contributed by atoms with E-state index in [4.69, 9.17) is 4.98 Å². The van der Waals surface area contributed by atoms with E-state index in [-0.39, 0.29) is 24.8 Å². The number of thioether (sulfide) groups is 1. The summed E-state index contributed by atoms with van der Waals surface area (Å²) in [7, 11) is 0. The first-order valence-corrected chi connectivity index (χ1v) is 11.9. The highest BCUT2D eigenvalue weighted by molar-refractivity contribution is 8.08. The Balaban J connectivity index is 0.00000136. The molecule has 0 spiro atoms. The van der Waals surface area contributed by atoms with Crippen LogP contribution in [-0.4, -0.2) is 35.6 Å². The summed E-state index contributed by atoms with van der Waals surface area (Å²) in [5.41, 5.74) is 4.09. The van der Waals surface area contributed by atoms with Crippen molar-refractivity contribution in [1.29, 1.82) is 0 Å². The zero-order valence-corrected chi connectivity index (χ0v) is 20.7. The smallest absolute Gasteiger partial charge is 0.0947 e. The van der Waals surface area contributed by atoms with Crippen LogP contribution < -0.4 is 15.9 Å². The largest absolute Gasteiger partial charge is 0.366 e. The van der Waals surface area contributed by atoms with E-state index < -0.39 is 0 Å². The fraction of sp³-hybridized carbons (Fsp3) is 0.292. The van der Waals surface area contributed by atoms with Crippen molar-refractivity contribution in [1.82, 2.24) is 15.2 Å². The highest BCUT2D eigenvalue weighted by Gasteiger charge is 2.26. The van der Waals surface area contributed by atoms with Crippen molar-refractivity contribution in [2.45, 2.75) is 30.0 Å². The van der Waals surface area contributed by atoms with E-state index in [9.17, 15) is 0 Å². The second kappa shape index (κ2) is 10.9. The van der Waals surface area contributed by atoms with Crippen LogP contribution in [0.1, 0.15) is 22.4 Å². The third-order valence-electron chi connectivity index (χ3n) is 5.63. The lowest BCUT2D eigenvalue weighted by Crippen LogP contribution is -2.51. The van der Waals surface area contributed by atoms with E-state index in [0.29, 0.717) is 6.04 Å². The summed E-state index contributed by atoms with van der Waals surface area (Å²) >= 11 is 3.73. The zero-order valence-electron chi connectivity index (χ0n) is 17.4. The van der Waals surface area contributed by atoms with E-state index in [1.807, 2.05) is 35.4 Å². The standard InChI is InChI=1S/C24H25N3S2.2ClH/c1-17-14-21-23(22-19(8-5-11-26-22)16-28-24(21)29-17)27-13-12-25-20(15-27)10-9-18-6-3-2-4-7-18;;/h2-8,11,14,16,20,25H,9-10,12-13,15H2,1H3;2*1H. The number of nitrogens with one attached hydrogen (secondary N) is 1. The Kier molecular flexibility index (Phi) is 8.48. The predicted octanol–water partition coefficient (Wildman–Crippen LogP) is 4.20. The molecule has 1 saturated heterocycles. The lowest BCUT2D eigenvalue weighted by molar-refractivity contribution is 0.268. The number of rotatable bonds is 4. The van der Waals surface area contributed by atoms with Gasteiger partial charge in [0.15, 0.2) is 0 Å². The topological polar surface area (TPSA) is 28.2 Å². The number of hydrogen-bond acceptors (Lipinski definition) is 5. The first-order chi connectivity index (χ1) is 14.3. The van der Waals surface area contributed by atoms with Crippen LogP contribution in [0.5, 0.6) is 0 Å². The van der Waals surface area contributed by atoms with Crippen molar-refractivity contribution in [2.24, 2.45) is 0 Å². The molecule has 4 heterocycles. The van der Waals surface area contributed by atoms with Gasteiger partial charge in [-0.25, -0.2) is 0 Å². The highest BCUT2D eigenvalue weighted by Crippen LogP contribution is 2.38. The Morgan fingerprint density at radius 1 is 1.13 bits per heavy atom. The number of fused-ring (bicyclic) bond motifs is 2. The van der Waals surface area contributed by atoms with E-state index in [0.717, 1.165) is 37.8 Å². The molecule has 164 valence electrons. The van der Waals surface area contributed by atoms with Crippen LogP contribution in [0.3, 0.4) is 0 Å². The van der Waals surface area contributed by atoms with Crippen LogP contribution in [0.25, 0.3) is 11.1 Å². The molecular weight excluding hydrogens is 465 g/mol. The maximum Gasteiger partial charge on any atom is 0.0947 e. The van der Waals surface area contributed by atoms with Crippen LogP contribution in [0.15, 0.2) is 58.9 Å². The van der Waals surface area contributed by atoms with Crippen molar-refractivity contribution in [3.8, 4) is 0 Å². The summed E-state index contributed by atoms with van der Waals surface area (Å²) < 4.78 is 1.38. The average molecular weight is 493 g/mol. The van der Waals surface area contributed by atoms with Crippen molar-refractivity contribution in [3.05, 3.63) is 81.3 Å². The molecule has 2 aliphatic heterocycles. The minimum absolute atomic E-state index is 0. The number of thiophene rings is 1. The van der Waals surface area contributed by atoms with Gasteiger partial charge < -0.3 is 10.2 Å². The van der Waals surface area contributed by atoms with Gasteiger partial charge in [0, 0.05) is 47.5 Å². The van der Waals surface area contributed by atoms with E-state index in [1.54, 1.807) is 0 Å². The second-order valence-electron chi connectivity index (χ2n) is 7.71. The van der Waals surface area contributed by atoms with Crippen LogP contribution in [0.4, 0.5) is 0 Å². The molecule has 31 heavy (non-hydrogen) atoms. The molecular formula is C24H27Cl2N3S2.